The Morgan fingerprint density at radius 3 is 2.72 bits per heavy atom. The molecule has 29 heavy (non-hydrogen) atoms. The molecule has 7 heteroatoms. The smallest absolute Gasteiger partial charge is 0.229 e. The number of aryl methyl sites for hydroxylation is 2. The van der Waals surface area contributed by atoms with Crippen molar-refractivity contribution in [3.8, 4) is 0 Å². The van der Waals surface area contributed by atoms with Gasteiger partial charge in [-0.1, -0.05) is 19.3 Å². The van der Waals surface area contributed by atoms with Crippen molar-refractivity contribution in [1.82, 2.24) is 15.1 Å². The highest BCUT2D eigenvalue weighted by atomic mass is 35.5. The monoisotopic (exact) mass is 434 g/mol. The number of nitrogens with one attached hydrogen (secondary N) is 2. The second-order valence-corrected chi connectivity index (χ2v) is 9.54. The van der Waals surface area contributed by atoms with Gasteiger partial charge >= 0.3 is 0 Å². The van der Waals surface area contributed by atoms with Gasteiger partial charge in [-0.3, -0.25) is 9.48 Å². The lowest BCUT2D eigenvalue weighted by molar-refractivity contribution is -0.119. The van der Waals surface area contributed by atoms with E-state index in [1.165, 1.54) is 37.0 Å². The van der Waals surface area contributed by atoms with E-state index in [4.69, 9.17) is 0 Å². The quantitative estimate of drug-likeness (QED) is 0.726. The minimum Gasteiger partial charge on any atom is -0.326 e. The summed E-state index contributed by atoms with van der Waals surface area (Å²) in [5.74, 6) is 0.199. The van der Waals surface area contributed by atoms with Gasteiger partial charge in [0.05, 0.1) is 12.1 Å². The molecule has 1 aromatic carbocycles. The summed E-state index contributed by atoms with van der Waals surface area (Å²) in [5, 5.41) is 11.6. The van der Waals surface area contributed by atoms with E-state index in [9.17, 15) is 4.79 Å². The Morgan fingerprint density at radius 2 is 2.03 bits per heavy atom. The molecule has 0 spiro atoms. The number of aromatic nitrogens is 2. The van der Waals surface area contributed by atoms with Crippen molar-refractivity contribution in [3.05, 3.63) is 41.7 Å². The minimum atomic E-state index is -0.0695. The number of rotatable bonds is 5. The second kappa shape index (κ2) is 10.0. The Balaban J connectivity index is 0.00000240. The molecule has 2 aliphatic rings. The van der Waals surface area contributed by atoms with Crippen molar-refractivity contribution in [1.29, 1.82) is 0 Å². The van der Waals surface area contributed by atoms with E-state index in [-0.39, 0.29) is 30.2 Å². The molecule has 2 heterocycles. The van der Waals surface area contributed by atoms with E-state index in [1.807, 2.05) is 31.2 Å². The summed E-state index contributed by atoms with van der Waals surface area (Å²) in [6, 6.07) is 6.45. The predicted octanol–water partition coefficient (Wildman–Crippen LogP) is 4.52. The summed E-state index contributed by atoms with van der Waals surface area (Å²) in [5.41, 5.74) is 3.19. The molecule has 2 atom stereocenters. The Morgan fingerprint density at radius 1 is 1.24 bits per heavy atom. The maximum absolute atomic E-state index is 13.0. The molecule has 1 saturated heterocycles. The molecule has 2 fully saturated rings. The van der Waals surface area contributed by atoms with Gasteiger partial charge in [0.1, 0.15) is 0 Å². The van der Waals surface area contributed by atoms with Gasteiger partial charge in [-0.25, -0.2) is 0 Å². The fourth-order valence-electron chi connectivity index (χ4n) is 4.39. The highest BCUT2D eigenvalue weighted by molar-refractivity contribution is 8.00. The van der Waals surface area contributed by atoms with Crippen LogP contribution in [0.1, 0.15) is 49.1 Å². The van der Waals surface area contributed by atoms with Crippen molar-refractivity contribution in [2.45, 2.75) is 55.1 Å². The third-order valence-electron chi connectivity index (χ3n) is 6.01. The molecule has 0 bridgehead atoms. The fraction of sp³-hybridized carbons (Fsp3) is 0.545. The van der Waals surface area contributed by atoms with Gasteiger partial charge in [-0.2, -0.15) is 5.10 Å². The number of nitrogens with zero attached hydrogens (tertiary/aromatic N) is 2. The van der Waals surface area contributed by atoms with Crippen LogP contribution in [0.2, 0.25) is 0 Å². The topological polar surface area (TPSA) is 59.0 Å². The molecular formula is C22H31ClN4OS. The molecule has 2 N–H and O–H groups in total. The second-order valence-electron chi connectivity index (χ2n) is 8.16. The van der Waals surface area contributed by atoms with Crippen molar-refractivity contribution in [2.75, 3.05) is 18.4 Å². The molecule has 158 valence electrons. The van der Waals surface area contributed by atoms with Crippen molar-refractivity contribution in [3.63, 3.8) is 0 Å². The largest absolute Gasteiger partial charge is 0.326 e. The maximum Gasteiger partial charge on any atom is 0.229 e. The lowest BCUT2D eigenvalue weighted by Crippen LogP contribution is -2.28. The van der Waals surface area contributed by atoms with Crippen LogP contribution in [-0.4, -0.2) is 34.0 Å². The fourth-order valence-corrected chi connectivity index (χ4v) is 5.73. The first-order valence-electron chi connectivity index (χ1n) is 10.4. The van der Waals surface area contributed by atoms with E-state index >= 15 is 0 Å². The third kappa shape index (κ3) is 5.36. The van der Waals surface area contributed by atoms with Gasteiger partial charge in [0.2, 0.25) is 5.91 Å². The summed E-state index contributed by atoms with van der Waals surface area (Å²) in [4.78, 5) is 14.3. The first-order chi connectivity index (χ1) is 13.6. The number of carbonyl (C=O) groups excluding carboxylic acids is 1. The van der Waals surface area contributed by atoms with Crippen LogP contribution in [0.3, 0.4) is 0 Å². The zero-order chi connectivity index (χ0) is 19.5. The number of thioether (sulfide) groups is 1. The molecule has 0 unspecified atom stereocenters. The average Bonchev–Trinajstić information content (AvgIpc) is 3.33. The Kier molecular flexibility index (Phi) is 7.66. The molecule has 4 rings (SSSR count). The molecule has 0 radical (unpaired) electrons. The summed E-state index contributed by atoms with van der Waals surface area (Å²) in [6.45, 7) is 3.62. The first kappa shape index (κ1) is 22.2. The summed E-state index contributed by atoms with van der Waals surface area (Å²) >= 11 is 2.00. The molecule has 5 nitrogen and oxygen atoms in total. The molecule has 2 aromatic rings. The molecule has 1 saturated carbocycles. The molecule has 1 aliphatic heterocycles. The number of carbonyl (C=O) groups is 1. The van der Waals surface area contributed by atoms with E-state index in [0.29, 0.717) is 6.54 Å². The minimum absolute atomic E-state index is 0. The molecule has 1 aromatic heterocycles. The SMILES string of the molecule is Cc1cc(SC2CCCCC2)ccc1NC(=O)[C@H]1CNC[C@@H]1c1cnn(C)c1.Cl. The maximum atomic E-state index is 13.0. The zero-order valence-corrected chi connectivity index (χ0v) is 18.8. The van der Waals surface area contributed by atoms with Gasteiger partial charge in [-0.15, -0.1) is 24.2 Å². The van der Waals surface area contributed by atoms with E-state index in [2.05, 4.69) is 40.9 Å². The first-order valence-corrected chi connectivity index (χ1v) is 11.3. The lowest BCUT2D eigenvalue weighted by Gasteiger charge is -2.22. The van der Waals surface area contributed by atoms with Crippen LogP contribution >= 0.6 is 24.2 Å². The van der Waals surface area contributed by atoms with Crippen LogP contribution in [0.5, 0.6) is 0 Å². The number of halogens is 1. The Labute approximate surface area is 183 Å². The van der Waals surface area contributed by atoms with Crippen LogP contribution < -0.4 is 10.6 Å². The Bertz CT molecular complexity index is 834. The van der Waals surface area contributed by atoms with Crippen LogP contribution in [0.25, 0.3) is 0 Å². The molecule has 1 amide bonds. The van der Waals surface area contributed by atoms with Crippen LogP contribution in [-0.2, 0) is 11.8 Å². The van der Waals surface area contributed by atoms with Gasteiger partial charge in [-0.05, 0) is 49.1 Å². The molecular weight excluding hydrogens is 404 g/mol. The lowest BCUT2D eigenvalue weighted by atomic mass is 9.90. The summed E-state index contributed by atoms with van der Waals surface area (Å²) in [6.07, 6.45) is 10.6. The van der Waals surface area contributed by atoms with Crippen LogP contribution in [0.4, 0.5) is 5.69 Å². The predicted molar refractivity (Wildman–Crippen MR) is 122 cm³/mol. The van der Waals surface area contributed by atoms with Gasteiger partial charge in [0.15, 0.2) is 0 Å². The summed E-state index contributed by atoms with van der Waals surface area (Å²) in [7, 11) is 1.91. The zero-order valence-electron chi connectivity index (χ0n) is 17.2. The number of amides is 1. The van der Waals surface area contributed by atoms with Crippen molar-refractivity contribution in [2.24, 2.45) is 13.0 Å². The third-order valence-corrected chi connectivity index (χ3v) is 7.35. The number of hydrogen-bond acceptors (Lipinski definition) is 4. The highest BCUT2D eigenvalue weighted by Gasteiger charge is 2.34. The van der Waals surface area contributed by atoms with E-state index in [1.54, 1.807) is 4.68 Å². The highest BCUT2D eigenvalue weighted by Crippen LogP contribution is 2.35. The molecule has 1 aliphatic carbocycles. The van der Waals surface area contributed by atoms with E-state index < -0.39 is 0 Å². The standard InChI is InChI=1S/C22H30N4OS.ClH/c1-15-10-18(28-17-6-4-3-5-7-17)8-9-21(15)25-22(27)20-13-23-12-19(20)16-11-24-26(2)14-16;/h8-11,14,17,19-20,23H,3-7,12-13H2,1-2H3,(H,25,27);1H/t19-,20+;/m1./s1. The van der Waals surface area contributed by atoms with Crippen LogP contribution in [0, 0.1) is 12.8 Å². The van der Waals surface area contributed by atoms with E-state index in [0.717, 1.165) is 28.6 Å². The van der Waals surface area contributed by atoms with Gasteiger partial charge in [0.25, 0.3) is 0 Å². The average molecular weight is 435 g/mol. The summed E-state index contributed by atoms with van der Waals surface area (Å²) < 4.78 is 1.80. The Hall–Kier alpha value is -1.50. The van der Waals surface area contributed by atoms with Gasteiger partial charge < -0.3 is 10.6 Å². The number of benzene rings is 1. The normalized spacial score (nSPS) is 22.3. The van der Waals surface area contributed by atoms with Gasteiger partial charge in [0, 0.05) is 48.1 Å². The number of anilines is 1. The number of hydrogen-bond donors (Lipinski definition) is 2. The van der Waals surface area contributed by atoms with Crippen molar-refractivity contribution < 1.29 is 4.79 Å². The van der Waals surface area contributed by atoms with Crippen LogP contribution in [0.15, 0.2) is 35.5 Å². The van der Waals surface area contributed by atoms with Crippen molar-refractivity contribution >= 4 is 35.8 Å².